The normalized spacial score (nSPS) is 29.0. The van der Waals surface area contributed by atoms with Crippen molar-refractivity contribution in [3.63, 3.8) is 0 Å². The van der Waals surface area contributed by atoms with Crippen molar-refractivity contribution >= 4 is 29.8 Å². The van der Waals surface area contributed by atoms with Gasteiger partial charge in [0.05, 0.1) is 25.0 Å². The van der Waals surface area contributed by atoms with Gasteiger partial charge in [0.25, 0.3) is 0 Å². The SMILES string of the molecule is COC(=O)[C@H](Cc1ccc(/C=C/C(=O)N(C)C)cc1)NC(=O)C12CC3CC(C1)CC(C(=O)OC)(C3)C2. The van der Waals surface area contributed by atoms with E-state index in [4.69, 9.17) is 9.47 Å². The summed E-state index contributed by atoms with van der Waals surface area (Å²) in [5, 5.41) is 2.98. The molecule has 4 aliphatic carbocycles. The molecule has 0 aliphatic heterocycles. The van der Waals surface area contributed by atoms with Crippen LogP contribution in [0.4, 0.5) is 0 Å². The first-order valence-electron chi connectivity index (χ1n) is 12.6. The van der Waals surface area contributed by atoms with E-state index < -0.39 is 22.8 Å². The van der Waals surface area contributed by atoms with Crippen molar-refractivity contribution in [1.82, 2.24) is 10.2 Å². The standard InChI is InChI=1S/C28H36N2O6/c1-30(2)23(31)10-9-18-5-7-19(8-6-18)12-22(24(32)35-3)29-25(33)27-13-20-11-21(14-27)16-28(15-20,17-27)26(34)36-4/h5-10,20-22H,11-17H2,1-4H3,(H,29,33)/b10-9+/t20?,21?,22-,27?,28?/m0/s1. The number of methoxy groups -OCH3 is 2. The topological polar surface area (TPSA) is 102 Å². The zero-order chi connectivity index (χ0) is 26.1. The van der Waals surface area contributed by atoms with Crippen molar-refractivity contribution in [2.45, 2.75) is 51.0 Å². The molecule has 8 nitrogen and oxygen atoms in total. The molecule has 4 fully saturated rings. The highest BCUT2D eigenvalue weighted by Gasteiger charge is 2.63. The van der Waals surface area contributed by atoms with Gasteiger partial charge in [-0.15, -0.1) is 0 Å². The van der Waals surface area contributed by atoms with Crippen molar-refractivity contribution in [1.29, 1.82) is 0 Å². The van der Waals surface area contributed by atoms with Crippen molar-refractivity contribution < 1.29 is 28.7 Å². The van der Waals surface area contributed by atoms with Crippen molar-refractivity contribution in [3.8, 4) is 0 Å². The molecule has 2 unspecified atom stereocenters. The van der Waals surface area contributed by atoms with E-state index in [9.17, 15) is 19.2 Å². The fourth-order valence-corrected chi connectivity index (χ4v) is 6.95. The number of esters is 2. The summed E-state index contributed by atoms with van der Waals surface area (Å²) in [5.41, 5.74) is 0.472. The Kier molecular flexibility index (Phi) is 7.25. The number of hydrogen-bond acceptors (Lipinski definition) is 6. The van der Waals surface area contributed by atoms with Crippen LogP contribution in [0.2, 0.25) is 0 Å². The maximum Gasteiger partial charge on any atom is 0.328 e. The predicted octanol–water partition coefficient (Wildman–Crippen LogP) is 2.75. The second kappa shape index (κ2) is 10.1. The van der Waals surface area contributed by atoms with Crippen LogP contribution in [0.15, 0.2) is 30.3 Å². The Hall–Kier alpha value is -3.16. The lowest BCUT2D eigenvalue weighted by Gasteiger charge is -2.59. The van der Waals surface area contributed by atoms with Crippen LogP contribution in [-0.4, -0.2) is 63.0 Å². The van der Waals surface area contributed by atoms with E-state index in [0.717, 1.165) is 43.2 Å². The molecule has 1 N–H and O–H groups in total. The second-order valence-corrected chi connectivity index (χ2v) is 11.1. The first kappa shape index (κ1) is 25.9. The third-order valence-electron chi connectivity index (χ3n) is 8.23. The monoisotopic (exact) mass is 496 g/mol. The number of benzene rings is 1. The van der Waals surface area contributed by atoms with Gasteiger partial charge >= 0.3 is 11.9 Å². The lowest BCUT2D eigenvalue weighted by molar-refractivity contribution is -0.182. The van der Waals surface area contributed by atoms with Gasteiger partial charge in [-0.25, -0.2) is 4.79 Å². The molecule has 2 amide bonds. The van der Waals surface area contributed by atoms with E-state index in [1.807, 2.05) is 24.3 Å². The lowest BCUT2D eigenvalue weighted by atomic mass is 9.44. The zero-order valence-electron chi connectivity index (χ0n) is 21.5. The predicted molar refractivity (Wildman–Crippen MR) is 133 cm³/mol. The Balaban J connectivity index is 1.48. The summed E-state index contributed by atoms with van der Waals surface area (Å²) in [4.78, 5) is 52.3. The number of ether oxygens (including phenoxy) is 2. The Labute approximate surface area is 212 Å². The fourth-order valence-electron chi connectivity index (χ4n) is 6.95. The van der Waals surface area contributed by atoms with Crippen molar-refractivity contribution in [2.24, 2.45) is 22.7 Å². The van der Waals surface area contributed by atoms with Gasteiger partial charge in [-0.2, -0.15) is 0 Å². The Bertz CT molecular complexity index is 1050. The van der Waals surface area contributed by atoms with Crippen molar-refractivity contribution in [2.75, 3.05) is 28.3 Å². The quantitative estimate of drug-likeness (QED) is 0.439. The average molecular weight is 497 g/mol. The molecule has 4 aliphatic rings. The van der Waals surface area contributed by atoms with E-state index >= 15 is 0 Å². The van der Waals surface area contributed by atoms with Crippen LogP contribution >= 0.6 is 0 Å². The molecule has 1 aromatic carbocycles. The molecule has 1 aromatic rings. The van der Waals surface area contributed by atoms with Gasteiger partial charge in [-0.3, -0.25) is 14.4 Å². The molecule has 5 rings (SSSR count). The molecule has 0 aromatic heterocycles. The Morgan fingerprint density at radius 1 is 1.00 bits per heavy atom. The average Bonchev–Trinajstić information content (AvgIpc) is 2.85. The minimum Gasteiger partial charge on any atom is -0.469 e. The molecular formula is C28H36N2O6. The molecular weight excluding hydrogens is 460 g/mol. The van der Waals surface area contributed by atoms with Crippen LogP contribution in [0.1, 0.15) is 49.7 Å². The van der Waals surface area contributed by atoms with E-state index in [1.54, 1.807) is 20.2 Å². The molecule has 36 heavy (non-hydrogen) atoms. The largest absolute Gasteiger partial charge is 0.469 e. The lowest BCUT2D eigenvalue weighted by Crippen LogP contribution is -2.61. The summed E-state index contributed by atoms with van der Waals surface area (Å²) in [6.45, 7) is 0. The molecule has 3 atom stereocenters. The van der Waals surface area contributed by atoms with Crippen LogP contribution < -0.4 is 5.32 Å². The molecule has 0 saturated heterocycles. The number of hydrogen-bond donors (Lipinski definition) is 1. The summed E-state index contributed by atoms with van der Waals surface area (Å²) in [6, 6.07) is 6.65. The third kappa shape index (κ3) is 5.04. The van der Waals surface area contributed by atoms with E-state index in [0.29, 0.717) is 18.3 Å². The van der Waals surface area contributed by atoms with Gasteiger partial charge in [-0.1, -0.05) is 24.3 Å². The third-order valence-corrected chi connectivity index (χ3v) is 8.23. The second-order valence-electron chi connectivity index (χ2n) is 11.1. The number of carbonyl (C=O) groups excluding carboxylic acids is 4. The van der Waals surface area contributed by atoms with Gasteiger partial charge in [0, 0.05) is 26.6 Å². The number of carbonyl (C=O) groups is 4. The molecule has 194 valence electrons. The minimum absolute atomic E-state index is 0.105. The molecule has 8 heteroatoms. The van der Waals surface area contributed by atoms with Crippen LogP contribution in [0, 0.1) is 22.7 Å². The molecule has 0 heterocycles. The summed E-state index contributed by atoms with van der Waals surface area (Å²) in [6.07, 6.45) is 8.10. The first-order chi connectivity index (χ1) is 17.1. The van der Waals surface area contributed by atoms with Crippen LogP contribution in [-0.2, 0) is 35.1 Å². The molecule has 4 bridgehead atoms. The highest BCUT2D eigenvalue weighted by Crippen LogP contribution is 2.65. The van der Waals surface area contributed by atoms with Gasteiger partial charge in [0.15, 0.2) is 0 Å². The van der Waals surface area contributed by atoms with E-state index in [-0.39, 0.29) is 24.2 Å². The maximum absolute atomic E-state index is 13.7. The smallest absolute Gasteiger partial charge is 0.328 e. The number of amides is 2. The van der Waals surface area contributed by atoms with E-state index in [2.05, 4.69) is 5.32 Å². The highest BCUT2D eigenvalue weighted by molar-refractivity contribution is 5.91. The maximum atomic E-state index is 13.7. The van der Waals surface area contributed by atoms with Crippen LogP contribution in [0.25, 0.3) is 6.08 Å². The Morgan fingerprint density at radius 2 is 1.61 bits per heavy atom. The van der Waals surface area contributed by atoms with Gasteiger partial charge in [0.2, 0.25) is 11.8 Å². The molecule has 0 spiro atoms. The molecule has 0 radical (unpaired) electrons. The van der Waals surface area contributed by atoms with Gasteiger partial charge in [0.1, 0.15) is 6.04 Å². The van der Waals surface area contributed by atoms with E-state index in [1.165, 1.54) is 25.2 Å². The number of nitrogens with zero attached hydrogens (tertiary/aromatic N) is 1. The fraction of sp³-hybridized carbons (Fsp3) is 0.571. The number of nitrogens with one attached hydrogen (secondary N) is 1. The van der Waals surface area contributed by atoms with Gasteiger partial charge < -0.3 is 19.7 Å². The summed E-state index contributed by atoms with van der Waals surface area (Å²) >= 11 is 0. The van der Waals surface area contributed by atoms with Crippen LogP contribution in [0.5, 0.6) is 0 Å². The summed E-state index contributed by atoms with van der Waals surface area (Å²) < 4.78 is 10.2. The number of likely N-dealkylation sites (N-methyl/N-ethyl adjacent to an activating group) is 1. The van der Waals surface area contributed by atoms with Crippen molar-refractivity contribution in [3.05, 3.63) is 41.5 Å². The minimum atomic E-state index is -0.832. The highest BCUT2D eigenvalue weighted by atomic mass is 16.5. The van der Waals surface area contributed by atoms with Gasteiger partial charge in [-0.05, 0) is 67.6 Å². The molecule has 4 saturated carbocycles. The summed E-state index contributed by atoms with van der Waals surface area (Å²) in [7, 11) is 6.11. The first-order valence-corrected chi connectivity index (χ1v) is 12.6. The summed E-state index contributed by atoms with van der Waals surface area (Å²) in [5.74, 6) is -0.329. The van der Waals surface area contributed by atoms with Crippen LogP contribution in [0.3, 0.4) is 0 Å². The zero-order valence-corrected chi connectivity index (χ0v) is 21.5. The Morgan fingerprint density at radius 3 is 2.17 bits per heavy atom. The number of rotatable bonds is 8.